The van der Waals surface area contributed by atoms with Gasteiger partial charge in [0.1, 0.15) is 25.2 Å². The highest BCUT2D eigenvalue weighted by molar-refractivity contribution is 5.70. The molecule has 0 amide bonds. The molecule has 20 heavy (non-hydrogen) atoms. The Hall–Kier alpha value is -1.43. The summed E-state index contributed by atoms with van der Waals surface area (Å²) in [6.45, 7) is 2.86. The van der Waals surface area contributed by atoms with Crippen LogP contribution in [0.2, 0.25) is 0 Å². The molecular weight excluding hydrogens is 260 g/mol. The summed E-state index contributed by atoms with van der Waals surface area (Å²) in [6.07, 6.45) is -0.325. The Labute approximate surface area is 117 Å². The van der Waals surface area contributed by atoms with Gasteiger partial charge in [-0.1, -0.05) is 30.3 Å². The van der Waals surface area contributed by atoms with E-state index in [1.807, 2.05) is 30.3 Å². The lowest BCUT2D eigenvalue weighted by atomic mass is 10.1. The lowest BCUT2D eigenvalue weighted by molar-refractivity contribution is -0.243. The number of carbonyl (C=O) groups excluding carboxylic acids is 1. The molecule has 3 rings (SSSR count). The molecule has 0 aromatic heterocycles. The summed E-state index contributed by atoms with van der Waals surface area (Å²) in [4.78, 5) is 11.7. The highest BCUT2D eigenvalue weighted by Gasteiger charge is 2.53. The fraction of sp³-hybridized carbons (Fsp3) is 0.533. The molecule has 2 heterocycles. The van der Waals surface area contributed by atoms with Crippen molar-refractivity contribution in [3.8, 4) is 0 Å². The second-order valence-electron chi connectivity index (χ2n) is 5.01. The van der Waals surface area contributed by atoms with Crippen LogP contribution in [0.5, 0.6) is 0 Å². The lowest BCUT2D eigenvalue weighted by Gasteiger charge is -2.30. The Kier molecular flexibility index (Phi) is 3.74. The van der Waals surface area contributed by atoms with Crippen molar-refractivity contribution in [1.82, 2.24) is 0 Å². The molecule has 0 spiro atoms. The van der Waals surface area contributed by atoms with Gasteiger partial charge in [-0.2, -0.15) is 0 Å². The van der Waals surface area contributed by atoms with Crippen molar-refractivity contribution in [3.05, 3.63) is 35.9 Å². The molecule has 2 aliphatic rings. The van der Waals surface area contributed by atoms with Crippen molar-refractivity contribution in [2.24, 2.45) is 0 Å². The van der Waals surface area contributed by atoms with Crippen molar-refractivity contribution >= 4 is 5.97 Å². The molecule has 5 nitrogen and oxygen atoms in total. The van der Waals surface area contributed by atoms with E-state index in [4.69, 9.17) is 18.9 Å². The van der Waals surface area contributed by atoms with Crippen LogP contribution in [0.1, 0.15) is 25.0 Å². The second-order valence-corrected chi connectivity index (χ2v) is 5.01. The molecule has 2 fully saturated rings. The molecule has 2 bridgehead atoms. The van der Waals surface area contributed by atoms with E-state index in [-0.39, 0.29) is 31.2 Å². The summed E-state index contributed by atoms with van der Waals surface area (Å²) in [5.41, 5.74) is 1.04. The predicted molar refractivity (Wildman–Crippen MR) is 69.9 cm³/mol. The maximum absolute atomic E-state index is 11.7. The monoisotopic (exact) mass is 278 g/mol. The molecule has 2 aliphatic heterocycles. The lowest BCUT2D eigenvalue weighted by Crippen LogP contribution is -2.43. The first kappa shape index (κ1) is 13.5. The molecule has 0 saturated carbocycles. The first-order valence-corrected chi connectivity index (χ1v) is 6.86. The van der Waals surface area contributed by atoms with E-state index in [0.29, 0.717) is 13.2 Å². The third-order valence-electron chi connectivity index (χ3n) is 3.50. The van der Waals surface area contributed by atoms with E-state index >= 15 is 0 Å². The second kappa shape index (κ2) is 5.52. The fourth-order valence-corrected chi connectivity index (χ4v) is 2.68. The number of hydrogen-bond acceptors (Lipinski definition) is 5. The molecule has 0 N–H and O–H groups in total. The van der Waals surface area contributed by atoms with Gasteiger partial charge in [-0.05, 0) is 12.5 Å². The standard InChI is InChI=1S/C15H18O5/c1-2-18-13(16)8-15-10-17-9-12(19-15)14(20-15)11-6-4-3-5-7-11/h3-7,12,14H,2,8-10H2,1H3/t12-,14-,15-/m0/s1. The van der Waals surface area contributed by atoms with Crippen LogP contribution in [0.3, 0.4) is 0 Å². The molecule has 0 aliphatic carbocycles. The molecule has 0 unspecified atom stereocenters. The van der Waals surface area contributed by atoms with Gasteiger partial charge in [0.2, 0.25) is 5.79 Å². The van der Waals surface area contributed by atoms with Crippen molar-refractivity contribution in [2.75, 3.05) is 19.8 Å². The Morgan fingerprint density at radius 2 is 2.15 bits per heavy atom. The van der Waals surface area contributed by atoms with Crippen LogP contribution < -0.4 is 0 Å². The van der Waals surface area contributed by atoms with E-state index in [2.05, 4.69) is 0 Å². The molecule has 1 aromatic rings. The summed E-state index contributed by atoms with van der Waals surface area (Å²) < 4.78 is 22.5. The Morgan fingerprint density at radius 3 is 2.90 bits per heavy atom. The smallest absolute Gasteiger partial charge is 0.311 e. The Bertz CT molecular complexity index is 474. The average Bonchev–Trinajstić information content (AvgIpc) is 2.70. The number of fused-ring (bicyclic) bond motifs is 2. The molecular formula is C15H18O5. The number of rotatable bonds is 4. The highest BCUT2D eigenvalue weighted by Crippen LogP contribution is 2.43. The molecule has 3 atom stereocenters. The number of hydrogen-bond donors (Lipinski definition) is 0. The summed E-state index contributed by atoms with van der Waals surface area (Å²) in [7, 11) is 0. The van der Waals surface area contributed by atoms with Crippen molar-refractivity contribution in [3.63, 3.8) is 0 Å². The molecule has 5 heteroatoms. The summed E-state index contributed by atoms with van der Waals surface area (Å²) in [6, 6.07) is 9.86. The maximum Gasteiger partial charge on any atom is 0.311 e. The Balaban J connectivity index is 1.76. The molecule has 1 aromatic carbocycles. The number of ether oxygens (including phenoxy) is 4. The van der Waals surface area contributed by atoms with E-state index in [0.717, 1.165) is 5.56 Å². The van der Waals surface area contributed by atoms with Crippen LogP contribution in [0, 0.1) is 0 Å². The molecule has 2 saturated heterocycles. The summed E-state index contributed by atoms with van der Waals surface area (Å²) >= 11 is 0. The predicted octanol–water partition coefficient (Wildman–Crippen LogP) is 1.82. The zero-order chi connectivity index (χ0) is 14.0. The van der Waals surface area contributed by atoms with Gasteiger partial charge < -0.3 is 18.9 Å². The zero-order valence-corrected chi connectivity index (χ0v) is 11.4. The topological polar surface area (TPSA) is 54.0 Å². The quantitative estimate of drug-likeness (QED) is 0.786. The minimum atomic E-state index is -1.00. The van der Waals surface area contributed by atoms with E-state index in [1.54, 1.807) is 6.92 Å². The molecule has 108 valence electrons. The van der Waals surface area contributed by atoms with Gasteiger partial charge in [-0.15, -0.1) is 0 Å². The average molecular weight is 278 g/mol. The van der Waals surface area contributed by atoms with Gasteiger partial charge in [0.15, 0.2) is 0 Å². The van der Waals surface area contributed by atoms with Gasteiger partial charge in [0.25, 0.3) is 0 Å². The minimum Gasteiger partial charge on any atom is -0.466 e. The van der Waals surface area contributed by atoms with Crippen LogP contribution in [0.25, 0.3) is 0 Å². The van der Waals surface area contributed by atoms with Gasteiger partial charge >= 0.3 is 5.97 Å². The fourth-order valence-electron chi connectivity index (χ4n) is 2.68. The summed E-state index contributed by atoms with van der Waals surface area (Å²) in [5.74, 6) is -1.33. The number of benzene rings is 1. The van der Waals surface area contributed by atoms with Crippen molar-refractivity contribution in [2.45, 2.75) is 31.3 Å². The maximum atomic E-state index is 11.7. The van der Waals surface area contributed by atoms with Crippen LogP contribution >= 0.6 is 0 Å². The van der Waals surface area contributed by atoms with Gasteiger partial charge in [0.05, 0.1) is 13.2 Å². The number of esters is 1. The van der Waals surface area contributed by atoms with Gasteiger partial charge in [0, 0.05) is 0 Å². The van der Waals surface area contributed by atoms with E-state index in [1.165, 1.54) is 0 Å². The first-order chi connectivity index (χ1) is 9.72. The first-order valence-electron chi connectivity index (χ1n) is 6.86. The third kappa shape index (κ3) is 2.57. The minimum absolute atomic E-state index is 0.0562. The van der Waals surface area contributed by atoms with E-state index < -0.39 is 5.79 Å². The highest BCUT2D eigenvalue weighted by atomic mass is 16.8. The summed E-state index contributed by atoms with van der Waals surface area (Å²) in [5, 5.41) is 0. The van der Waals surface area contributed by atoms with Crippen LogP contribution in [0.4, 0.5) is 0 Å². The molecule has 0 radical (unpaired) electrons. The van der Waals surface area contributed by atoms with E-state index in [9.17, 15) is 4.79 Å². The number of carbonyl (C=O) groups is 1. The zero-order valence-electron chi connectivity index (χ0n) is 11.4. The van der Waals surface area contributed by atoms with Crippen molar-refractivity contribution in [1.29, 1.82) is 0 Å². The third-order valence-corrected chi connectivity index (χ3v) is 3.50. The van der Waals surface area contributed by atoms with Crippen LogP contribution in [-0.2, 0) is 23.7 Å². The van der Waals surface area contributed by atoms with Crippen LogP contribution in [-0.4, -0.2) is 37.7 Å². The largest absolute Gasteiger partial charge is 0.466 e. The van der Waals surface area contributed by atoms with Crippen LogP contribution in [0.15, 0.2) is 30.3 Å². The Morgan fingerprint density at radius 1 is 1.35 bits per heavy atom. The SMILES string of the molecule is CCOC(=O)C[C@]12COC[C@H](O1)[C@H](c1ccccc1)O2. The van der Waals surface area contributed by atoms with Gasteiger partial charge in [-0.3, -0.25) is 4.79 Å². The van der Waals surface area contributed by atoms with Gasteiger partial charge in [-0.25, -0.2) is 0 Å². The van der Waals surface area contributed by atoms with Crippen molar-refractivity contribution < 1.29 is 23.7 Å². The normalized spacial score (nSPS) is 32.0.